The van der Waals surface area contributed by atoms with Crippen molar-refractivity contribution in [2.75, 3.05) is 39.8 Å². The zero-order chi connectivity index (χ0) is 18.8. The highest BCUT2D eigenvalue weighted by Crippen LogP contribution is 2.13. The number of piperidine rings is 1. The van der Waals surface area contributed by atoms with Gasteiger partial charge in [-0.1, -0.05) is 12.1 Å². The maximum atomic E-state index is 13.1. The van der Waals surface area contributed by atoms with Gasteiger partial charge >= 0.3 is 0 Å². The molecule has 1 aromatic rings. The van der Waals surface area contributed by atoms with Gasteiger partial charge in [-0.3, -0.25) is 9.79 Å². The van der Waals surface area contributed by atoms with Gasteiger partial charge in [0.05, 0.1) is 12.5 Å². The van der Waals surface area contributed by atoms with Crippen LogP contribution >= 0.6 is 24.0 Å². The summed E-state index contributed by atoms with van der Waals surface area (Å²) in [7, 11) is 1.76. The predicted octanol–water partition coefficient (Wildman–Crippen LogP) is 2.18. The SMILES string of the molecule is CCOC1CCN(C(=NC)NCCNC(=O)Cc2cccc(F)c2)CC1.I. The second kappa shape index (κ2) is 12.9. The number of hydrogen-bond donors (Lipinski definition) is 2. The first-order valence-corrected chi connectivity index (χ1v) is 9.20. The molecule has 2 N–H and O–H groups in total. The minimum Gasteiger partial charge on any atom is -0.378 e. The van der Waals surface area contributed by atoms with E-state index >= 15 is 0 Å². The Labute approximate surface area is 178 Å². The molecule has 0 aromatic heterocycles. The van der Waals surface area contributed by atoms with Crippen molar-refractivity contribution < 1.29 is 13.9 Å². The summed E-state index contributed by atoms with van der Waals surface area (Å²) in [6.45, 7) is 5.68. The van der Waals surface area contributed by atoms with Crippen LogP contribution in [-0.4, -0.2) is 62.7 Å². The molecule has 0 bridgehead atoms. The highest BCUT2D eigenvalue weighted by molar-refractivity contribution is 14.0. The molecule has 1 aliphatic rings. The van der Waals surface area contributed by atoms with Crippen molar-refractivity contribution in [2.45, 2.75) is 32.3 Å². The maximum Gasteiger partial charge on any atom is 0.224 e. The van der Waals surface area contributed by atoms with Crippen LogP contribution in [0.15, 0.2) is 29.3 Å². The van der Waals surface area contributed by atoms with E-state index in [1.807, 2.05) is 6.92 Å². The normalized spacial score (nSPS) is 15.2. The van der Waals surface area contributed by atoms with E-state index in [0.717, 1.165) is 38.5 Å². The number of carbonyl (C=O) groups is 1. The Morgan fingerprint density at radius 1 is 1.30 bits per heavy atom. The minimum atomic E-state index is -0.325. The topological polar surface area (TPSA) is 66.0 Å². The van der Waals surface area contributed by atoms with Gasteiger partial charge in [-0.05, 0) is 37.5 Å². The molecule has 0 aliphatic carbocycles. The molecule has 0 saturated carbocycles. The summed E-state index contributed by atoms with van der Waals surface area (Å²) in [6, 6.07) is 6.10. The molecule has 6 nitrogen and oxygen atoms in total. The van der Waals surface area contributed by atoms with Crippen LogP contribution in [0.5, 0.6) is 0 Å². The highest BCUT2D eigenvalue weighted by Gasteiger charge is 2.21. The molecule has 1 aliphatic heterocycles. The van der Waals surface area contributed by atoms with Crippen LogP contribution in [0.2, 0.25) is 0 Å². The van der Waals surface area contributed by atoms with Crippen LogP contribution in [0.3, 0.4) is 0 Å². The average Bonchev–Trinajstić information content (AvgIpc) is 2.63. The first-order valence-electron chi connectivity index (χ1n) is 9.20. The largest absolute Gasteiger partial charge is 0.378 e. The Kier molecular flexibility index (Phi) is 11.3. The fourth-order valence-electron chi connectivity index (χ4n) is 3.07. The van der Waals surface area contributed by atoms with Gasteiger partial charge in [0.15, 0.2) is 5.96 Å². The van der Waals surface area contributed by atoms with Crippen molar-refractivity contribution in [2.24, 2.45) is 4.99 Å². The number of amides is 1. The second-order valence-corrected chi connectivity index (χ2v) is 6.27. The average molecular weight is 492 g/mol. The number of likely N-dealkylation sites (tertiary alicyclic amines) is 1. The van der Waals surface area contributed by atoms with Gasteiger partial charge in [-0.25, -0.2) is 4.39 Å². The van der Waals surface area contributed by atoms with Crippen LogP contribution in [0.1, 0.15) is 25.3 Å². The van der Waals surface area contributed by atoms with Gasteiger partial charge in [0.2, 0.25) is 5.91 Å². The number of carbonyl (C=O) groups excluding carboxylic acids is 1. The summed E-state index contributed by atoms with van der Waals surface area (Å²) >= 11 is 0. The minimum absolute atomic E-state index is 0. The van der Waals surface area contributed by atoms with Gasteiger partial charge in [0.1, 0.15) is 5.82 Å². The van der Waals surface area contributed by atoms with Crippen molar-refractivity contribution in [3.63, 3.8) is 0 Å². The molecule has 1 amide bonds. The molecular weight excluding hydrogens is 462 g/mol. The third-order valence-corrected chi connectivity index (χ3v) is 4.34. The summed E-state index contributed by atoms with van der Waals surface area (Å²) in [5.41, 5.74) is 0.670. The van der Waals surface area contributed by atoms with Crippen molar-refractivity contribution in [1.82, 2.24) is 15.5 Å². The molecule has 1 saturated heterocycles. The number of guanidine groups is 1. The Morgan fingerprint density at radius 3 is 2.63 bits per heavy atom. The first-order chi connectivity index (χ1) is 12.6. The number of ether oxygens (including phenoxy) is 1. The third kappa shape index (κ3) is 8.42. The molecule has 27 heavy (non-hydrogen) atoms. The van der Waals surface area contributed by atoms with Gasteiger partial charge < -0.3 is 20.3 Å². The number of rotatable bonds is 7. The second-order valence-electron chi connectivity index (χ2n) is 6.27. The number of nitrogens with one attached hydrogen (secondary N) is 2. The van der Waals surface area contributed by atoms with Crippen LogP contribution in [0.4, 0.5) is 4.39 Å². The van der Waals surface area contributed by atoms with Gasteiger partial charge in [0, 0.05) is 39.8 Å². The summed E-state index contributed by atoms with van der Waals surface area (Å²) in [5.74, 6) is 0.401. The number of hydrogen-bond acceptors (Lipinski definition) is 3. The summed E-state index contributed by atoms with van der Waals surface area (Å²) in [6.07, 6.45) is 2.52. The van der Waals surface area contributed by atoms with Crippen molar-refractivity contribution in [3.05, 3.63) is 35.6 Å². The Hall–Kier alpha value is -1.42. The van der Waals surface area contributed by atoms with E-state index in [4.69, 9.17) is 4.74 Å². The lowest BCUT2D eigenvalue weighted by atomic mass is 10.1. The lowest BCUT2D eigenvalue weighted by Crippen LogP contribution is -2.48. The van der Waals surface area contributed by atoms with Crippen LogP contribution in [-0.2, 0) is 16.0 Å². The van der Waals surface area contributed by atoms with Gasteiger partial charge in [0.25, 0.3) is 0 Å². The van der Waals surface area contributed by atoms with Gasteiger partial charge in [-0.2, -0.15) is 0 Å². The van der Waals surface area contributed by atoms with Crippen LogP contribution < -0.4 is 10.6 Å². The fourth-order valence-corrected chi connectivity index (χ4v) is 3.07. The standard InChI is InChI=1S/C19H29FN4O2.HI/c1-3-26-17-7-11-24(12-8-17)19(21-2)23-10-9-22-18(25)14-15-5-4-6-16(20)13-15;/h4-6,13,17H,3,7-12,14H2,1-2H3,(H,21,23)(H,22,25);1H. The third-order valence-electron chi connectivity index (χ3n) is 4.34. The highest BCUT2D eigenvalue weighted by atomic mass is 127. The van der Waals surface area contributed by atoms with E-state index in [9.17, 15) is 9.18 Å². The molecule has 0 unspecified atom stereocenters. The van der Waals surface area contributed by atoms with Crippen LogP contribution in [0.25, 0.3) is 0 Å². The summed E-state index contributed by atoms with van der Waals surface area (Å²) < 4.78 is 18.8. The van der Waals surface area contributed by atoms with E-state index in [-0.39, 0.29) is 42.1 Å². The van der Waals surface area contributed by atoms with E-state index in [1.165, 1.54) is 12.1 Å². The predicted molar refractivity (Wildman–Crippen MR) is 116 cm³/mol. The molecule has 0 spiro atoms. The lowest BCUT2D eigenvalue weighted by Gasteiger charge is -2.34. The van der Waals surface area contributed by atoms with Crippen molar-refractivity contribution in [1.29, 1.82) is 0 Å². The summed E-state index contributed by atoms with van der Waals surface area (Å²) in [5, 5.41) is 6.11. The zero-order valence-corrected chi connectivity index (χ0v) is 18.4. The lowest BCUT2D eigenvalue weighted by molar-refractivity contribution is -0.120. The fraction of sp³-hybridized carbons (Fsp3) is 0.579. The quantitative estimate of drug-likeness (QED) is 0.265. The molecule has 1 fully saturated rings. The van der Waals surface area contributed by atoms with Gasteiger partial charge in [-0.15, -0.1) is 24.0 Å². The molecule has 2 rings (SSSR count). The molecule has 0 radical (unpaired) electrons. The van der Waals surface area contributed by atoms with Crippen LogP contribution in [0, 0.1) is 5.82 Å². The van der Waals surface area contributed by atoms with E-state index in [0.29, 0.717) is 24.8 Å². The van der Waals surface area contributed by atoms with E-state index in [2.05, 4.69) is 20.5 Å². The van der Waals surface area contributed by atoms with Crippen molar-refractivity contribution >= 4 is 35.8 Å². The molecule has 0 atom stereocenters. The monoisotopic (exact) mass is 492 g/mol. The molecule has 1 heterocycles. The zero-order valence-electron chi connectivity index (χ0n) is 16.0. The summed E-state index contributed by atoms with van der Waals surface area (Å²) in [4.78, 5) is 18.4. The number of nitrogens with zero attached hydrogens (tertiary/aromatic N) is 2. The Balaban J connectivity index is 0.00000364. The first kappa shape index (κ1) is 23.6. The Morgan fingerprint density at radius 2 is 2.00 bits per heavy atom. The number of aliphatic imine (C=N–C) groups is 1. The molecule has 152 valence electrons. The maximum absolute atomic E-state index is 13.1. The Bertz CT molecular complexity index is 607. The number of halogens is 2. The van der Waals surface area contributed by atoms with Crippen molar-refractivity contribution in [3.8, 4) is 0 Å². The smallest absolute Gasteiger partial charge is 0.224 e. The molecule has 8 heteroatoms. The molecular formula is C19H30FIN4O2. The van der Waals surface area contributed by atoms with E-state index in [1.54, 1.807) is 19.2 Å². The van der Waals surface area contributed by atoms with E-state index < -0.39 is 0 Å². The number of benzene rings is 1. The molecule has 1 aromatic carbocycles.